The van der Waals surface area contributed by atoms with Crippen LogP contribution in [-0.4, -0.2) is 43.4 Å². The monoisotopic (exact) mass is 230 g/mol. The summed E-state index contributed by atoms with van der Waals surface area (Å²) in [5.74, 6) is -0.610. The third-order valence-electron chi connectivity index (χ3n) is 1.90. The van der Waals surface area contributed by atoms with Gasteiger partial charge in [0.15, 0.2) is 0 Å². The Morgan fingerprint density at radius 2 is 1.94 bits per heavy atom. The highest BCUT2D eigenvalue weighted by atomic mass is 16.7. The summed E-state index contributed by atoms with van der Waals surface area (Å²) in [5.41, 5.74) is -0.657. The van der Waals surface area contributed by atoms with E-state index in [9.17, 15) is 9.59 Å². The lowest BCUT2D eigenvalue weighted by Gasteiger charge is -2.23. The topological polar surface area (TPSA) is 76.7 Å². The van der Waals surface area contributed by atoms with Crippen molar-refractivity contribution in [2.75, 3.05) is 19.6 Å². The minimum absolute atomic E-state index is 0.460. The Labute approximate surface area is 94.7 Å². The molecular formula is C10H18N2O4. The second-order valence-electron chi connectivity index (χ2n) is 4.60. The van der Waals surface area contributed by atoms with E-state index in [0.29, 0.717) is 13.1 Å². The van der Waals surface area contributed by atoms with Crippen LogP contribution < -0.4 is 10.6 Å². The summed E-state index contributed by atoms with van der Waals surface area (Å²) in [6, 6.07) is -0.485. The standard InChI is InChI=1S/C10H18N2O4/c1-10(2,3)16-9(14)15-8(13)7-6-11-4-5-12-7/h7,11-12H,4-6H2,1-3H3/t7-/m0/s1. The van der Waals surface area contributed by atoms with Gasteiger partial charge < -0.3 is 20.1 Å². The van der Waals surface area contributed by atoms with Crippen LogP contribution >= 0.6 is 0 Å². The van der Waals surface area contributed by atoms with Crippen LogP contribution in [0.1, 0.15) is 20.8 Å². The van der Waals surface area contributed by atoms with Crippen LogP contribution in [0, 0.1) is 0 Å². The van der Waals surface area contributed by atoms with E-state index in [1.54, 1.807) is 20.8 Å². The number of nitrogens with one attached hydrogen (secondary N) is 2. The van der Waals surface area contributed by atoms with Crippen LogP contribution in [0.5, 0.6) is 0 Å². The number of esters is 1. The first-order valence-electron chi connectivity index (χ1n) is 5.27. The Morgan fingerprint density at radius 1 is 1.25 bits per heavy atom. The molecule has 6 nitrogen and oxygen atoms in total. The predicted molar refractivity (Wildman–Crippen MR) is 57.0 cm³/mol. The van der Waals surface area contributed by atoms with E-state index in [0.717, 1.165) is 6.54 Å². The van der Waals surface area contributed by atoms with Crippen molar-refractivity contribution in [1.82, 2.24) is 10.6 Å². The van der Waals surface area contributed by atoms with Gasteiger partial charge in [0, 0.05) is 19.6 Å². The van der Waals surface area contributed by atoms with Crippen molar-refractivity contribution in [3.8, 4) is 0 Å². The molecule has 0 unspecified atom stereocenters. The molecule has 16 heavy (non-hydrogen) atoms. The number of hydrogen-bond donors (Lipinski definition) is 2. The van der Waals surface area contributed by atoms with E-state index in [2.05, 4.69) is 15.4 Å². The van der Waals surface area contributed by atoms with Crippen molar-refractivity contribution in [2.24, 2.45) is 0 Å². The van der Waals surface area contributed by atoms with Crippen molar-refractivity contribution in [3.63, 3.8) is 0 Å². The molecule has 0 aromatic heterocycles. The largest absolute Gasteiger partial charge is 0.516 e. The first kappa shape index (κ1) is 12.9. The minimum Gasteiger partial charge on any atom is -0.428 e. The van der Waals surface area contributed by atoms with E-state index < -0.39 is 23.8 Å². The Hall–Kier alpha value is -1.14. The van der Waals surface area contributed by atoms with E-state index in [-0.39, 0.29) is 0 Å². The van der Waals surface area contributed by atoms with Gasteiger partial charge in [-0.15, -0.1) is 0 Å². The highest BCUT2D eigenvalue weighted by Gasteiger charge is 2.26. The molecule has 2 N–H and O–H groups in total. The summed E-state index contributed by atoms with van der Waals surface area (Å²) in [5, 5.41) is 5.96. The number of carbonyl (C=O) groups excluding carboxylic acids is 2. The molecule has 92 valence electrons. The maximum absolute atomic E-state index is 11.5. The molecule has 0 radical (unpaired) electrons. The van der Waals surface area contributed by atoms with Crippen LogP contribution in [0.2, 0.25) is 0 Å². The average molecular weight is 230 g/mol. The molecule has 1 heterocycles. The molecule has 6 heteroatoms. The summed E-state index contributed by atoms with van der Waals surface area (Å²) in [4.78, 5) is 22.7. The van der Waals surface area contributed by atoms with Gasteiger partial charge in [0.05, 0.1) is 0 Å². The van der Waals surface area contributed by atoms with Gasteiger partial charge in [0.2, 0.25) is 0 Å². The van der Waals surface area contributed by atoms with Gasteiger partial charge >= 0.3 is 12.1 Å². The van der Waals surface area contributed by atoms with Crippen molar-refractivity contribution < 1.29 is 19.1 Å². The van der Waals surface area contributed by atoms with Gasteiger partial charge in [-0.25, -0.2) is 9.59 Å². The van der Waals surface area contributed by atoms with Gasteiger partial charge in [-0.1, -0.05) is 0 Å². The molecule has 0 amide bonds. The van der Waals surface area contributed by atoms with E-state index in [1.807, 2.05) is 0 Å². The number of piperazine rings is 1. The molecule has 0 bridgehead atoms. The fraction of sp³-hybridized carbons (Fsp3) is 0.800. The van der Waals surface area contributed by atoms with Crippen LogP contribution in [-0.2, 0) is 14.3 Å². The molecule has 0 saturated carbocycles. The molecule has 1 aliphatic rings. The van der Waals surface area contributed by atoms with Crippen molar-refractivity contribution in [2.45, 2.75) is 32.4 Å². The summed E-state index contributed by atoms with van der Waals surface area (Å²) in [6.45, 7) is 7.06. The molecule has 1 fully saturated rings. The molecule has 1 saturated heterocycles. The Morgan fingerprint density at radius 3 is 2.44 bits per heavy atom. The van der Waals surface area contributed by atoms with Crippen LogP contribution in [0.15, 0.2) is 0 Å². The van der Waals surface area contributed by atoms with Crippen molar-refractivity contribution >= 4 is 12.1 Å². The first-order chi connectivity index (χ1) is 7.38. The zero-order chi connectivity index (χ0) is 12.2. The fourth-order valence-corrected chi connectivity index (χ4v) is 1.24. The molecule has 1 rings (SSSR count). The molecule has 1 atom stereocenters. The molecule has 0 aliphatic carbocycles. The Balaban J connectivity index is 2.35. The van der Waals surface area contributed by atoms with Gasteiger partial charge in [0.25, 0.3) is 0 Å². The van der Waals surface area contributed by atoms with Gasteiger partial charge in [-0.2, -0.15) is 0 Å². The lowest BCUT2D eigenvalue weighted by atomic mass is 10.2. The fourth-order valence-electron chi connectivity index (χ4n) is 1.24. The van der Waals surface area contributed by atoms with E-state index in [4.69, 9.17) is 4.74 Å². The molecule has 0 aromatic carbocycles. The third kappa shape index (κ3) is 4.59. The Kier molecular flexibility index (Phi) is 4.26. The van der Waals surface area contributed by atoms with E-state index in [1.165, 1.54) is 0 Å². The molecule has 0 aromatic rings. The van der Waals surface area contributed by atoms with Gasteiger partial charge in [-0.3, -0.25) is 0 Å². The number of carbonyl (C=O) groups is 2. The quantitative estimate of drug-likeness (QED) is 0.489. The van der Waals surface area contributed by atoms with Crippen LogP contribution in [0.4, 0.5) is 4.79 Å². The molecule has 0 spiro atoms. The van der Waals surface area contributed by atoms with Gasteiger partial charge in [0.1, 0.15) is 11.6 Å². The lowest BCUT2D eigenvalue weighted by molar-refractivity contribution is -0.144. The van der Waals surface area contributed by atoms with Crippen LogP contribution in [0.25, 0.3) is 0 Å². The van der Waals surface area contributed by atoms with Crippen molar-refractivity contribution in [3.05, 3.63) is 0 Å². The molecular weight excluding hydrogens is 212 g/mol. The minimum atomic E-state index is -0.954. The highest BCUT2D eigenvalue weighted by molar-refractivity contribution is 5.85. The van der Waals surface area contributed by atoms with Crippen LogP contribution in [0.3, 0.4) is 0 Å². The predicted octanol–water partition coefficient (Wildman–Crippen LogP) is 0.0261. The number of ether oxygens (including phenoxy) is 2. The SMILES string of the molecule is CC(C)(C)OC(=O)OC(=O)[C@@H]1CNCCN1. The number of rotatable bonds is 1. The smallest absolute Gasteiger partial charge is 0.428 e. The summed E-state index contributed by atoms with van der Waals surface area (Å²) >= 11 is 0. The molecule has 1 aliphatic heterocycles. The zero-order valence-electron chi connectivity index (χ0n) is 9.83. The lowest BCUT2D eigenvalue weighted by Crippen LogP contribution is -2.53. The maximum atomic E-state index is 11.5. The number of hydrogen-bond acceptors (Lipinski definition) is 6. The highest BCUT2D eigenvalue weighted by Crippen LogP contribution is 2.08. The zero-order valence-corrected chi connectivity index (χ0v) is 9.83. The summed E-state index contributed by atoms with van der Waals surface area (Å²) < 4.78 is 9.43. The second kappa shape index (κ2) is 5.27. The first-order valence-corrected chi connectivity index (χ1v) is 5.27. The average Bonchev–Trinajstić information content (AvgIpc) is 2.16. The normalized spacial score (nSPS) is 21.3. The van der Waals surface area contributed by atoms with Crippen molar-refractivity contribution in [1.29, 1.82) is 0 Å². The Bertz CT molecular complexity index is 266. The summed E-state index contributed by atoms with van der Waals surface area (Å²) in [6.07, 6.45) is -0.954. The summed E-state index contributed by atoms with van der Waals surface area (Å²) in [7, 11) is 0. The third-order valence-corrected chi connectivity index (χ3v) is 1.90. The van der Waals surface area contributed by atoms with E-state index >= 15 is 0 Å². The van der Waals surface area contributed by atoms with Gasteiger partial charge in [-0.05, 0) is 20.8 Å². The second-order valence-corrected chi connectivity index (χ2v) is 4.60. The maximum Gasteiger partial charge on any atom is 0.516 e.